The van der Waals surface area contributed by atoms with E-state index in [0.29, 0.717) is 0 Å². The third kappa shape index (κ3) is 0.923. The van der Waals surface area contributed by atoms with Crippen molar-refractivity contribution < 1.29 is 5.11 Å². The molecule has 0 aliphatic carbocycles. The van der Waals surface area contributed by atoms with Crippen molar-refractivity contribution >= 4 is 10.9 Å². The van der Waals surface area contributed by atoms with E-state index >= 15 is 0 Å². The van der Waals surface area contributed by atoms with Gasteiger partial charge in [0, 0.05) is 17.6 Å². The number of rotatable bonds is 0. The maximum Gasteiger partial charge on any atom is 0.124 e. The van der Waals surface area contributed by atoms with E-state index in [9.17, 15) is 5.11 Å². The molecular weight excluding hydrogens is 138 g/mol. The van der Waals surface area contributed by atoms with Crippen molar-refractivity contribution in [1.29, 1.82) is 0 Å². The lowest BCUT2D eigenvalue weighted by Gasteiger charge is -1.96. The fourth-order valence-corrected chi connectivity index (χ4v) is 1.03. The molecule has 1 heterocycles. The molecule has 2 heteroatoms. The van der Waals surface area contributed by atoms with Crippen molar-refractivity contribution in [2.45, 2.75) is 0 Å². The fraction of sp³-hybridized carbons (Fsp3) is 0. The van der Waals surface area contributed by atoms with E-state index in [2.05, 4.69) is 11.1 Å². The molecule has 0 aliphatic rings. The summed E-state index contributed by atoms with van der Waals surface area (Å²) in [7, 11) is 0. The molecule has 0 saturated heterocycles. The van der Waals surface area contributed by atoms with E-state index in [4.69, 9.17) is 0 Å². The molecule has 1 aromatic carbocycles. The molecule has 2 aromatic rings. The predicted molar refractivity (Wildman–Crippen MR) is 42.2 cm³/mol. The lowest BCUT2D eigenvalue weighted by atomic mass is 10.2. The number of nitrogens with zero attached hydrogens (tertiary/aromatic N) is 1. The molecule has 0 bridgehead atoms. The van der Waals surface area contributed by atoms with Crippen molar-refractivity contribution in [1.82, 2.24) is 4.98 Å². The summed E-state index contributed by atoms with van der Waals surface area (Å²) in [5.74, 6) is 0.256. The third-order valence-electron chi connectivity index (χ3n) is 1.57. The molecule has 0 fully saturated rings. The van der Waals surface area contributed by atoms with Crippen LogP contribution in [0.15, 0.2) is 30.5 Å². The number of aromatic hydroxyl groups is 1. The van der Waals surface area contributed by atoms with Gasteiger partial charge in [0.05, 0.1) is 5.52 Å². The second-order valence-corrected chi connectivity index (χ2v) is 2.28. The predicted octanol–water partition coefficient (Wildman–Crippen LogP) is 1.74. The summed E-state index contributed by atoms with van der Waals surface area (Å²) in [5, 5.41) is 10.1. The summed E-state index contributed by atoms with van der Waals surface area (Å²) in [6, 6.07) is 9.78. The van der Waals surface area contributed by atoms with Gasteiger partial charge in [-0.1, -0.05) is 6.07 Å². The van der Waals surface area contributed by atoms with Crippen LogP contribution in [0.3, 0.4) is 0 Å². The van der Waals surface area contributed by atoms with Gasteiger partial charge in [0.1, 0.15) is 5.75 Å². The van der Waals surface area contributed by atoms with Crippen molar-refractivity contribution in [3.63, 3.8) is 0 Å². The molecule has 1 aromatic heterocycles. The van der Waals surface area contributed by atoms with Crippen LogP contribution in [0, 0.1) is 6.07 Å². The topological polar surface area (TPSA) is 33.1 Å². The number of phenols is 1. The summed E-state index contributed by atoms with van der Waals surface area (Å²) in [6.07, 6.45) is 1.59. The molecule has 2 rings (SSSR count). The van der Waals surface area contributed by atoms with Gasteiger partial charge in [0.2, 0.25) is 0 Å². The van der Waals surface area contributed by atoms with Gasteiger partial charge in [-0.05, 0) is 18.2 Å². The summed E-state index contributed by atoms with van der Waals surface area (Å²) < 4.78 is 0. The molecule has 2 nitrogen and oxygen atoms in total. The van der Waals surface area contributed by atoms with Gasteiger partial charge < -0.3 is 5.11 Å². The highest BCUT2D eigenvalue weighted by Crippen LogP contribution is 2.20. The van der Waals surface area contributed by atoms with Crippen LogP contribution >= 0.6 is 0 Å². The normalized spacial score (nSPS) is 10.2. The molecule has 1 radical (unpaired) electrons. The molecule has 53 valence electrons. The maximum absolute atomic E-state index is 9.31. The fourth-order valence-electron chi connectivity index (χ4n) is 1.03. The highest BCUT2D eigenvalue weighted by Gasteiger charge is 1.96. The van der Waals surface area contributed by atoms with Crippen molar-refractivity contribution in [2.24, 2.45) is 0 Å². The lowest BCUT2D eigenvalue weighted by molar-refractivity contribution is 0.481. The largest absolute Gasteiger partial charge is 0.507 e. The van der Waals surface area contributed by atoms with Gasteiger partial charge in [0.25, 0.3) is 0 Å². The summed E-state index contributed by atoms with van der Waals surface area (Å²) in [6.45, 7) is 0. The Balaban J connectivity index is 2.91. The monoisotopic (exact) mass is 144 g/mol. The number of hydrogen-bond donors (Lipinski definition) is 1. The number of aromatic nitrogens is 1. The summed E-state index contributed by atoms with van der Waals surface area (Å²) >= 11 is 0. The number of phenolic OH excluding ortho intramolecular Hbond substituents is 1. The van der Waals surface area contributed by atoms with Crippen LogP contribution in [0.25, 0.3) is 10.9 Å². The Labute approximate surface area is 64.1 Å². The van der Waals surface area contributed by atoms with Crippen LogP contribution in [0.2, 0.25) is 0 Å². The Morgan fingerprint density at radius 1 is 1.36 bits per heavy atom. The minimum absolute atomic E-state index is 0.256. The van der Waals surface area contributed by atoms with Gasteiger partial charge in [-0.2, -0.15) is 0 Å². The number of pyridine rings is 1. The van der Waals surface area contributed by atoms with Crippen LogP contribution in [0.1, 0.15) is 0 Å². The average Bonchev–Trinajstić information content (AvgIpc) is 2.06. The van der Waals surface area contributed by atoms with Gasteiger partial charge in [0.15, 0.2) is 0 Å². The van der Waals surface area contributed by atoms with E-state index in [0.717, 1.165) is 10.9 Å². The summed E-state index contributed by atoms with van der Waals surface area (Å²) in [4.78, 5) is 4.03. The molecule has 0 aliphatic heterocycles. The quantitative estimate of drug-likeness (QED) is 0.611. The number of benzene rings is 1. The Bertz CT molecular complexity index is 379. The van der Waals surface area contributed by atoms with Crippen LogP contribution < -0.4 is 0 Å². The van der Waals surface area contributed by atoms with Crippen LogP contribution in [-0.2, 0) is 0 Å². The zero-order valence-electron chi connectivity index (χ0n) is 5.78. The van der Waals surface area contributed by atoms with Crippen molar-refractivity contribution in [3.8, 4) is 5.75 Å². The molecule has 0 spiro atoms. The van der Waals surface area contributed by atoms with Gasteiger partial charge in [-0.25, -0.2) is 0 Å². The molecule has 0 amide bonds. The first-order valence-electron chi connectivity index (χ1n) is 3.32. The number of hydrogen-bond acceptors (Lipinski definition) is 2. The Hall–Kier alpha value is -1.57. The average molecular weight is 144 g/mol. The molecular formula is C9H6NO. The van der Waals surface area contributed by atoms with E-state index in [1.165, 1.54) is 0 Å². The van der Waals surface area contributed by atoms with Crippen LogP contribution in [-0.4, -0.2) is 10.1 Å². The molecule has 11 heavy (non-hydrogen) atoms. The summed E-state index contributed by atoms with van der Waals surface area (Å²) in [5.41, 5.74) is 0.795. The minimum Gasteiger partial charge on any atom is -0.507 e. The first-order valence-corrected chi connectivity index (χ1v) is 3.32. The van der Waals surface area contributed by atoms with Gasteiger partial charge in [-0.3, -0.25) is 4.98 Å². The minimum atomic E-state index is 0.256. The van der Waals surface area contributed by atoms with E-state index in [1.54, 1.807) is 24.4 Å². The van der Waals surface area contributed by atoms with Crippen LogP contribution in [0.5, 0.6) is 5.75 Å². The van der Waals surface area contributed by atoms with Crippen molar-refractivity contribution in [2.75, 3.05) is 0 Å². The Morgan fingerprint density at radius 2 is 2.27 bits per heavy atom. The van der Waals surface area contributed by atoms with Crippen molar-refractivity contribution in [3.05, 3.63) is 36.5 Å². The highest BCUT2D eigenvalue weighted by molar-refractivity contribution is 5.84. The first-order chi connectivity index (χ1) is 5.38. The second-order valence-electron chi connectivity index (χ2n) is 2.28. The highest BCUT2D eigenvalue weighted by atomic mass is 16.3. The molecule has 0 unspecified atom stereocenters. The molecule has 0 atom stereocenters. The first kappa shape index (κ1) is 6.16. The van der Waals surface area contributed by atoms with E-state index < -0.39 is 0 Å². The van der Waals surface area contributed by atoms with Crippen LogP contribution in [0.4, 0.5) is 0 Å². The zero-order chi connectivity index (χ0) is 7.68. The SMILES string of the molecule is Oc1cccc2nc[c]cc12. The van der Waals surface area contributed by atoms with E-state index in [1.807, 2.05) is 6.07 Å². The maximum atomic E-state index is 9.31. The van der Waals surface area contributed by atoms with Gasteiger partial charge in [-0.15, -0.1) is 0 Å². The number of fused-ring (bicyclic) bond motifs is 1. The Morgan fingerprint density at radius 3 is 3.09 bits per heavy atom. The van der Waals surface area contributed by atoms with E-state index in [-0.39, 0.29) is 5.75 Å². The Kier molecular flexibility index (Phi) is 1.25. The standard InChI is InChI=1S/C9H6NO/c11-9-5-1-4-8-7(9)3-2-6-10-8/h1,3-6,11H. The lowest BCUT2D eigenvalue weighted by Crippen LogP contribution is -1.76. The molecule has 1 N–H and O–H groups in total. The molecule has 0 saturated carbocycles. The second kappa shape index (κ2) is 2.23. The zero-order valence-corrected chi connectivity index (χ0v) is 5.78. The third-order valence-corrected chi connectivity index (χ3v) is 1.57. The van der Waals surface area contributed by atoms with Gasteiger partial charge >= 0.3 is 0 Å². The smallest absolute Gasteiger partial charge is 0.124 e.